The minimum atomic E-state index is 0.374. The van der Waals surface area contributed by atoms with Gasteiger partial charge in [-0.3, -0.25) is 4.99 Å². The molecule has 0 heterocycles. The summed E-state index contributed by atoms with van der Waals surface area (Å²) in [6, 6.07) is 0. The van der Waals surface area contributed by atoms with Crippen LogP contribution in [0, 0.1) is 5.41 Å². The standard InChI is InChI=1S/C18H38N4O2/c1-5-19-17(20-11-7-12-22(2)13-15-24-4)21-16-18(8-6-9-18)10-14-23-3/h5-16H2,1-4H3,(H2,19,20,21). The molecular weight excluding hydrogens is 304 g/mol. The summed E-state index contributed by atoms with van der Waals surface area (Å²) >= 11 is 0. The Morgan fingerprint density at radius 2 is 1.88 bits per heavy atom. The summed E-state index contributed by atoms with van der Waals surface area (Å²) in [5.74, 6) is 0.945. The number of hydrogen-bond donors (Lipinski definition) is 2. The van der Waals surface area contributed by atoms with E-state index in [2.05, 4.69) is 29.5 Å². The fraction of sp³-hybridized carbons (Fsp3) is 0.944. The summed E-state index contributed by atoms with van der Waals surface area (Å²) in [5.41, 5.74) is 0.374. The summed E-state index contributed by atoms with van der Waals surface area (Å²) in [5, 5.41) is 6.81. The van der Waals surface area contributed by atoms with E-state index in [-0.39, 0.29) is 0 Å². The normalized spacial score (nSPS) is 17.0. The van der Waals surface area contributed by atoms with Crippen LogP contribution in [0.25, 0.3) is 0 Å². The van der Waals surface area contributed by atoms with Gasteiger partial charge in [0.2, 0.25) is 0 Å². The number of rotatable bonds is 13. The maximum absolute atomic E-state index is 5.26. The molecule has 6 nitrogen and oxygen atoms in total. The van der Waals surface area contributed by atoms with E-state index in [0.717, 1.165) is 64.7 Å². The largest absolute Gasteiger partial charge is 0.385 e. The average molecular weight is 343 g/mol. The van der Waals surface area contributed by atoms with Crippen LogP contribution in [0.2, 0.25) is 0 Å². The molecular formula is C18H38N4O2. The van der Waals surface area contributed by atoms with Crippen molar-refractivity contribution in [1.82, 2.24) is 15.5 Å². The number of ether oxygens (including phenoxy) is 2. The zero-order valence-electron chi connectivity index (χ0n) is 16.2. The number of hydrogen-bond acceptors (Lipinski definition) is 4. The van der Waals surface area contributed by atoms with Crippen LogP contribution in [0.15, 0.2) is 4.99 Å². The Morgan fingerprint density at radius 3 is 2.46 bits per heavy atom. The van der Waals surface area contributed by atoms with Gasteiger partial charge in [0.1, 0.15) is 0 Å². The van der Waals surface area contributed by atoms with Gasteiger partial charge in [-0.05, 0) is 51.6 Å². The molecule has 24 heavy (non-hydrogen) atoms. The van der Waals surface area contributed by atoms with E-state index in [9.17, 15) is 0 Å². The quantitative estimate of drug-likeness (QED) is 0.303. The fourth-order valence-electron chi connectivity index (χ4n) is 2.99. The molecule has 142 valence electrons. The van der Waals surface area contributed by atoms with Gasteiger partial charge in [-0.2, -0.15) is 0 Å². The highest BCUT2D eigenvalue weighted by Crippen LogP contribution is 2.44. The molecule has 1 fully saturated rings. The number of nitrogens with one attached hydrogen (secondary N) is 2. The molecule has 1 rings (SSSR count). The lowest BCUT2D eigenvalue weighted by atomic mass is 9.67. The third-order valence-corrected chi connectivity index (χ3v) is 4.85. The van der Waals surface area contributed by atoms with Crippen molar-refractivity contribution in [2.75, 3.05) is 67.2 Å². The second-order valence-electron chi connectivity index (χ2n) is 6.87. The molecule has 0 bridgehead atoms. The molecule has 0 radical (unpaired) electrons. The Labute approximate surface area is 148 Å². The van der Waals surface area contributed by atoms with Crippen molar-refractivity contribution in [3.8, 4) is 0 Å². The summed E-state index contributed by atoms with van der Waals surface area (Å²) in [7, 11) is 5.66. The first kappa shape index (κ1) is 21.2. The number of likely N-dealkylation sites (N-methyl/N-ethyl adjacent to an activating group) is 1. The Kier molecular flexibility index (Phi) is 11.0. The van der Waals surface area contributed by atoms with E-state index in [0.29, 0.717) is 5.41 Å². The predicted octanol–water partition coefficient (Wildman–Crippen LogP) is 1.72. The van der Waals surface area contributed by atoms with Crippen LogP contribution >= 0.6 is 0 Å². The summed E-state index contributed by atoms with van der Waals surface area (Å²) < 4.78 is 10.4. The van der Waals surface area contributed by atoms with Crippen LogP contribution in [-0.2, 0) is 9.47 Å². The van der Waals surface area contributed by atoms with E-state index >= 15 is 0 Å². The van der Waals surface area contributed by atoms with Crippen molar-refractivity contribution in [3.63, 3.8) is 0 Å². The van der Waals surface area contributed by atoms with Crippen LogP contribution in [0.1, 0.15) is 39.0 Å². The highest BCUT2D eigenvalue weighted by Gasteiger charge is 2.36. The highest BCUT2D eigenvalue weighted by molar-refractivity contribution is 5.79. The molecule has 0 aliphatic heterocycles. The molecule has 0 spiro atoms. The van der Waals surface area contributed by atoms with Crippen molar-refractivity contribution in [2.45, 2.75) is 39.0 Å². The van der Waals surface area contributed by atoms with Crippen LogP contribution in [-0.4, -0.2) is 78.1 Å². The lowest BCUT2D eigenvalue weighted by molar-refractivity contribution is 0.0778. The van der Waals surface area contributed by atoms with Gasteiger partial charge in [0, 0.05) is 47.0 Å². The van der Waals surface area contributed by atoms with Gasteiger partial charge >= 0.3 is 0 Å². The number of guanidine groups is 1. The molecule has 0 saturated heterocycles. The van der Waals surface area contributed by atoms with Crippen molar-refractivity contribution in [1.29, 1.82) is 0 Å². The first-order chi connectivity index (χ1) is 11.7. The summed E-state index contributed by atoms with van der Waals surface area (Å²) in [4.78, 5) is 7.13. The number of aliphatic imine (C=N–C) groups is 1. The van der Waals surface area contributed by atoms with Crippen LogP contribution in [0.5, 0.6) is 0 Å². The Bertz CT molecular complexity index is 346. The highest BCUT2D eigenvalue weighted by atomic mass is 16.5. The summed E-state index contributed by atoms with van der Waals surface area (Å²) in [6.07, 6.45) is 6.11. The molecule has 1 aliphatic carbocycles. The molecule has 6 heteroatoms. The first-order valence-corrected chi connectivity index (χ1v) is 9.34. The van der Waals surface area contributed by atoms with Gasteiger partial charge < -0.3 is 25.0 Å². The van der Waals surface area contributed by atoms with Gasteiger partial charge in [-0.25, -0.2) is 0 Å². The molecule has 1 aliphatic rings. The maximum atomic E-state index is 5.26. The van der Waals surface area contributed by atoms with Crippen molar-refractivity contribution >= 4 is 5.96 Å². The van der Waals surface area contributed by atoms with Crippen molar-refractivity contribution in [2.24, 2.45) is 10.4 Å². The van der Waals surface area contributed by atoms with Crippen molar-refractivity contribution < 1.29 is 9.47 Å². The molecule has 0 amide bonds. The van der Waals surface area contributed by atoms with Crippen molar-refractivity contribution in [3.05, 3.63) is 0 Å². The summed E-state index contributed by atoms with van der Waals surface area (Å²) in [6.45, 7) is 8.52. The van der Waals surface area contributed by atoms with E-state index in [4.69, 9.17) is 14.5 Å². The second kappa shape index (κ2) is 12.5. The second-order valence-corrected chi connectivity index (χ2v) is 6.87. The number of methoxy groups -OCH3 is 2. The Morgan fingerprint density at radius 1 is 1.12 bits per heavy atom. The van der Waals surface area contributed by atoms with E-state index in [1.165, 1.54) is 19.3 Å². The molecule has 0 unspecified atom stereocenters. The van der Waals surface area contributed by atoms with Gasteiger partial charge in [0.15, 0.2) is 5.96 Å². The first-order valence-electron chi connectivity index (χ1n) is 9.34. The van der Waals surface area contributed by atoms with Gasteiger partial charge in [-0.1, -0.05) is 6.42 Å². The third-order valence-electron chi connectivity index (χ3n) is 4.85. The monoisotopic (exact) mass is 342 g/mol. The molecule has 0 aromatic carbocycles. The molecule has 0 aromatic heterocycles. The fourth-order valence-corrected chi connectivity index (χ4v) is 2.99. The van der Waals surface area contributed by atoms with E-state index in [1.54, 1.807) is 14.2 Å². The lowest BCUT2D eigenvalue weighted by Crippen LogP contribution is -2.41. The van der Waals surface area contributed by atoms with Gasteiger partial charge in [0.25, 0.3) is 0 Å². The van der Waals surface area contributed by atoms with E-state index in [1.807, 2.05) is 0 Å². The lowest BCUT2D eigenvalue weighted by Gasteiger charge is -2.40. The minimum absolute atomic E-state index is 0.374. The van der Waals surface area contributed by atoms with Gasteiger partial charge in [-0.15, -0.1) is 0 Å². The van der Waals surface area contributed by atoms with Crippen LogP contribution in [0.3, 0.4) is 0 Å². The maximum Gasteiger partial charge on any atom is 0.191 e. The zero-order chi connectivity index (χ0) is 17.7. The van der Waals surface area contributed by atoms with E-state index < -0.39 is 0 Å². The molecule has 0 atom stereocenters. The number of nitrogens with zero attached hydrogens (tertiary/aromatic N) is 2. The predicted molar refractivity (Wildman–Crippen MR) is 101 cm³/mol. The molecule has 2 N–H and O–H groups in total. The SMILES string of the molecule is CCNC(=NCC1(CCOC)CCC1)NCCCN(C)CCOC. The van der Waals surface area contributed by atoms with Crippen LogP contribution < -0.4 is 10.6 Å². The third kappa shape index (κ3) is 8.31. The average Bonchev–Trinajstić information content (AvgIpc) is 2.55. The Balaban J connectivity index is 2.31. The minimum Gasteiger partial charge on any atom is -0.385 e. The molecule has 1 saturated carbocycles. The molecule has 0 aromatic rings. The zero-order valence-corrected chi connectivity index (χ0v) is 16.2. The van der Waals surface area contributed by atoms with Gasteiger partial charge in [0.05, 0.1) is 6.61 Å². The topological polar surface area (TPSA) is 58.1 Å². The Hall–Kier alpha value is -0.850. The van der Waals surface area contributed by atoms with Crippen LogP contribution in [0.4, 0.5) is 0 Å². The smallest absolute Gasteiger partial charge is 0.191 e.